The highest BCUT2D eigenvalue weighted by molar-refractivity contribution is 5.93. The van der Waals surface area contributed by atoms with Crippen LogP contribution in [-0.2, 0) is 12.8 Å². The number of nitrogens with zero attached hydrogens (tertiary/aromatic N) is 2. The summed E-state index contributed by atoms with van der Waals surface area (Å²) in [4.78, 5) is 4.95. The molecule has 2 aromatic heterocycles. The lowest BCUT2D eigenvalue weighted by molar-refractivity contribution is 0.317. The Morgan fingerprint density at radius 2 is 1.83 bits per heavy atom. The van der Waals surface area contributed by atoms with Gasteiger partial charge in [-0.2, -0.15) is 5.10 Å². The summed E-state index contributed by atoms with van der Waals surface area (Å²) < 4.78 is 0. The van der Waals surface area contributed by atoms with Crippen LogP contribution in [0, 0.1) is 19.3 Å². The second-order valence-corrected chi connectivity index (χ2v) is 7.86. The predicted molar refractivity (Wildman–Crippen MR) is 99.0 cm³/mol. The van der Waals surface area contributed by atoms with Gasteiger partial charge in [0.25, 0.3) is 0 Å². The molecule has 24 heavy (non-hydrogen) atoms. The van der Waals surface area contributed by atoms with Gasteiger partial charge in [0.15, 0.2) is 11.5 Å². The predicted octanol–water partition coefficient (Wildman–Crippen LogP) is 4.34. The molecule has 1 aromatic carbocycles. The van der Waals surface area contributed by atoms with Gasteiger partial charge in [-0.15, -0.1) is 0 Å². The number of benzene rings is 1. The molecule has 0 bridgehead atoms. The van der Waals surface area contributed by atoms with Gasteiger partial charge in [0.1, 0.15) is 0 Å². The van der Waals surface area contributed by atoms with Gasteiger partial charge >= 0.3 is 0 Å². The summed E-state index contributed by atoms with van der Waals surface area (Å²) in [5, 5.41) is 8.27. The van der Waals surface area contributed by atoms with Gasteiger partial charge in [-0.1, -0.05) is 32.0 Å². The van der Waals surface area contributed by atoms with Gasteiger partial charge in [-0.05, 0) is 60.8 Å². The molecule has 0 fully saturated rings. The Bertz CT molecular complexity index is 930. The molecule has 4 nitrogen and oxygen atoms in total. The number of hydrogen-bond donors (Lipinski definition) is 2. The highest BCUT2D eigenvalue weighted by Crippen LogP contribution is 2.43. The molecule has 124 valence electrons. The highest BCUT2D eigenvalue weighted by atomic mass is 15.2. The van der Waals surface area contributed by atoms with E-state index in [0.29, 0.717) is 5.82 Å². The lowest BCUT2D eigenvalue weighted by Gasteiger charge is -2.33. The number of nitrogen functional groups attached to an aromatic ring is 1. The van der Waals surface area contributed by atoms with E-state index in [1.54, 1.807) is 0 Å². The molecular formula is C20H24N4. The van der Waals surface area contributed by atoms with Crippen molar-refractivity contribution in [1.82, 2.24) is 15.2 Å². The third-order valence-corrected chi connectivity index (χ3v) is 5.38. The molecule has 0 amide bonds. The summed E-state index contributed by atoms with van der Waals surface area (Å²) >= 11 is 0. The van der Waals surface area contributed by atoms with Crippen LogP contribution in [0.1, 0.15) is 42.5 Å². The first-order chi connectivity index (χ1) is 11.4. The molecule has 1 aliphatic carbocycles. The second kappa shape index (κ2) is 5.07. The molecule has 1 aliphatic rings. The van der Waals surface area contributed by atoms with E-state index >= 15 is 0 Å². The summed E-state index contributed by atoms with van der Waals surface area (Å²) in [7, 11) is 0. The fraction of sp³-hybridized carbons (Fsp3) is 0.400. The lowest BCUT2D eigenvalue weighted by atomic mass is 9.72. The Balaban J connectivity index is 2.09. The molecule has 0 aliphatic heterocycles. The van der Waals surface area contributed by atoms with Crippen LogP contribution in [0.4, 0.5) is 5.82 Å². The standard InChI is InChI=1S/C20H24N4/c1-11-6-5-7-12(2)15(11)17-13-8-9-20(3,4)10-14(13)16-18(21)23-24-19(16)22-17/h5-7H,8-10H2,1-4H3,(H3,21,22,23,24). The fourth-order valence-electron chi connectivity index (χ4n) is 4.09. The van der Waals surface area contributed by atoms with Crippen LogP contribution in [-0.4, -0.2) is 15.2 Å². The molecule has 0 saturated carbocycles. The zero-order valence-electron chi connectivity index (χ0n) is 14.8. The molecule has 0 unspecified atom stereocenters. The molecular weight excluding hydrogens is 296 g/mol. The summed E-state index contributed by atoms with van der Waals surface area (Å²) in [5.41, 5.74) is 14.8. The Labute approximate surface area is 142 Å². The number of nitrogens with two attached hydrogens (primary N) is 1. The topological polar surface area (TPSA) is 67.6 Å². The molecule has 4 heteroatoms. The van der Waals surface area contributed by atoms with Gasteiger partial charge in [0, 0.05) is 5.56 Å². The maximum absolute atomic E-state index is 6.16. The van der Waals surface area contributed by atoms with Crippen molar-refractivity contribution in [3.8, 4) is 11.3 Å². The summed E-state index contributed by atoms with van der Waals surface area (Å²) in [6, 6.07) is 6.43. The van der Waals surface area contributed by atoms with E-state index in [2.05, 4.69) is 56.1 Å². The lowest BCUT2D eigenvalue weighted by Crippen LogP contribution is -2.23. The van der Waals surface area contributed by atoms with Gasteiger partial charge in [-0.3, -0.25) is 5.10 Å². The number of aryl methyl sites for hydroxylation is 2. The Morgan fingerprint density at radius 1 is 1.12 bits per heavy atom. The van der Waals surface area contributed by atoms with Crippen LogP contribution in [0.3, 0.4) is 0 Å². The van der Waals surface area contributed by atoms with Gasteiger partial charge in [0.05, 0.1) is 11.1 Å². The molecule has 3 N–H and O–H groups in total. The monoisotopic (exact) mass is 320 g/mol. The van der Waals surface area contributed by atoms with Crippen molar-refractivity contribution >= 4 is 16.9 Å². The maximum atomic E-state index is 6.16. The van der Waals surface area contributed by atoms with Crippen LogP contribution in [0.25, 0.3) is 22.3 Å². The number of pyridine rings is 1. The SMILES string of the molecule is Cc1cccc(C)c1-c1nc2[nH]nc(N)c2c2c1CCC(C)(C)C2. The van der Waals surface area contributed by atoms with E-state index < -0.39 is 0 Å². The smallest absolute Gasteiger partial charge is 0.158 e. The Hall–Kier alpha value is -2.36. The van der Waals surface area contributed by atoms with Crippen molar-refractivity contribution in [1.29, 1.82) is 0 Å². The number of fused-ring (bicyclic) bond motifs is 3. The van der Waals surface area contributed by atoms with E-state index in [-0.39, 0.29) is 5.41 Å². The first kappa shape index (κ1) is 15.2. The first-order valence-electron chi connectivity index (χ1n) is 8.59. The minimum atomic E-state index is 0.281. The van der Waals surface area contributed by atoms with Gasteiger partial charge in [-0.25, -0.2) is 4.98 Å². The zero-order valence-corrected chi connectivity index (χ0v) is 14.8. The number of aromatic nitrogens is 3. The second-order valence-electron chi connectivity index (χ2n) is 7.86. The van der Waals surface area contributed by atoms with Crippen LogP contribution in [0.15, 0.2) is 18.2 Å². The third kappa shape index (κ3) is 2.20. The van der Waals surface area contributed by atoms with Crippen molar-refractivity contribution in [2.75, 3.05) is 5.73 Å². The Kier molecular flexibility index (Phi) is 3.21. The average molecular weight is 320 g/mol. The van der Waals surface area contributed by atoms with Crippen molar-refractivity contribution in [3.05, 3.63) is 40.5 Å². The molecule has 2 heterocycles. The fourth-order valence-corrected chi connectivity index (χ4v) is 4.09. The molecule has 0 saturated heterocycles. The molecule has 0 radical (unpaired) electrons. The number of nitrogens with one attached hydrogen (secondary N) is 1. The van der Waals surface area contributed by atoms with Crippen molar-refractivity contribution in [2.45, 2.75) is 47.0 Å². The van der Waals surface area contributed by atoms with E-state index in [4.69, 9.17) is 10.7 Å². The maximum Gasteiger partial charge on any atom is 0.158 e. The number of rotatable bonds is 1. The Morgan fingerprint density at radius 3 is 2.54 bits per heavy atom. The molecule has 0 spiro atoms. The largest absolute Gasteiger partial charge is 0.382 e. The number of anilines is 1. The van der Waals surface area contributed by atoms with E-state index in [9.17, 15) is 0 Å². The third-order valence-electron chi connectivity index (χ3n) is 5.38. The van der Waals surface area contributed by atoms with Crippen molar-refractivity contribution < 1.29 is 0 Å². The molecule has 4 rings (SSSR count). The summed E-state index contributed by atoms with van der Waals surface area (Å²) in [5.74, 6) is 0.569. The van der Waals surface area contributed by atoms with Crippen molar-refractivity contribution in [2.24, 2.45) is 5.41 Å². The molecule has 0 atom stereocenters. The van der Waals surface area contributed by atoms with Gasteiger partial charge in [0.2, 0.25) is 0 Å². The quantitative estimate of drug-likeness (QED) is 0.701. The van der Waals surface area contributed by atoms with Crippen LogP contribution in [0.2, 0.25) is 0 Å². The average Bonchev–Trinajstić information content (AvgIpc) is 2.87. The number of H-pyrrole nitrogens is 1. The summed E-state index contributed by atoms with van der Waals surface area (Å²) in [6.07, 6.45) is 3.23. The summed E-state index contributed by atoms with van der Waals surface area (Å²) in [6.45, 7) is 8.98. The van der Waals surface area contributed by atoms with Crippen LogP contribution in [0.5, 0.6) is 0 Å². The zero-order chi connectivity index (χ0) is 17.1. The van der Waals surface area contributed by atoms with Gasteiger partial charge < -0.3 is 5.73 Å². The number of aromatic amines is 1. The van der Waals surface area contributed by atoms with Crippen LogP contribution >= 0.6 is 0 Å². The van der Waals surface area contributed by atoms with Crippen LogP contribution < -0.4 is 5.73 Å². The molecule has 3 aromatic rings. The number of hydrogen-bond acceptors (Lipinski definition) is 3. The van der Waals surface area contributed by atoms with E-state index in [1.807, 2.05) is 0 Å². The minimum Gasteiger partial charge on any atom is -0.382 e. The van der Waals surface area contributed by atoms with E-state index in [1.165, 1.54) is 34.2 Å². The van der Waals surface area contributed by atoms with Crippen molar-refractivity contribution in [3.63, 3.8) is 0 Å². The highest BCUT2D eigenvalue weighted by Gasteiger charge is 2.31. The van der Waals surface area contributed by atoms with E-state index in [0.717, 1.165) is 29.6 Å². The minimum absolute atomic E-state index is 0.281. The normalized spacial score (nSPS) is 16.3. The first-order valence-corrected chi connectivity index (χ1v) is 8.59.